The number of methoxy groups -OCH3 is 1. The Hall–Kier alpha value is -3.10. The van der Waals surface area contributed by atoms with Gasteiger partial charge in [-0.1, -0.05) is 17.3 Å². The molecule has 1 aromatic carbocycles. The Labute approximate surface area is 155 Å². The van der Waals surface area contributed by atoms with Gasteiger partial charge in [0.2, 0.25) is 6.10 Å². The van der Waals surface area contributed by atoms with Gasteiger partial charge in [0.15, 0.2) is 17.2 Å². The van der Waals surface area contributed by atoms with Gasteiger partial charge in [-0.2, -0.15) is 0 Å². The molecular formula is C18H20N4O5. The van der Waals surface area contributed by atoms with Crippen LogP contribution in [0.4, 0.5) is 0 Å². The maximum absolute atomic E-state index is 12.9. The Bertz CT molecular complexity index is 852. The largest absolute Gasteiger partial charge is 0.485 e. The molecule has 27 heavy (non-hydrogen) atoms. The van der Waals surface area contributed by atoms with E-state index in [0.717, 1.165) is 12.8 Å². The number of rotatable bonds is 3. The van der Waals surface area contributed by atoms with Crippen molar-refractivity contribution in [1.29, 1.82) is 0 Å². The maximum atomic E-state index is 12.9. The molecule has 2 unspecified atom stereocenters. The molecule has 1 saturated heterocycles. The highest BCUT2D eigenvalue weighted by Crippen LogP contribution is 2.32. The highest BCUT2D eigenvalue weighted by molar-refractivity contribution is 5.86. The molecule has 1 aromatic heterocycles. The number of para-hydroxylation sites is 2. The van der Waals surface area contributed by atoms with E-state index in [4.69, 9.17) is 9.47 Å². The molecule has 0 spiro atoms. The Kier molecular flexibility index (Phi) is 4.66. The standard InChI is InChI=1S/C18H20N4O5/c1-25-18(24)13-10-22(20-19-13)12-5-4-8-21(9-12)17(23)16-11-26-14-6-2-3-7-15(14)27-16/h2-3,6-7,10,12,16H,4-5,8-9,11H2,1H3. The van der Waals surface area contributed by atoms with Gasteiger partial charge in [-0.15, -0.1) is 5.10 Å². The number of aromatic nitrogens is 3. The number of esters is 1. The lowest BCUT2D eigenvalue weighted by Crippen LogP contribution is -2.50. The molecule has 2 aliphatic heterocycles. The van der Waals surface area contributed by atoms with Crippen LogP contribution in [-0.4, -0.2) is 64.7 Å². The average molecular weight is 372 g/mol. The summed E-state index contributed by atoms with van der Waals surface area (Å²) in [7, 11) is 1.30. The molecule has 1 fully saturated rings. The number of ether oxygens (including phenoxy) is 3. The number of hydrogen-bond donors (Lipinski definition) is 0. The fraction of sp³-hybridized carbons (Fsp3) is 0.444. The number of carbonyl (C=O) groups excluding carboxylic acids is 2. The third-order valence-electron chi connectivity index (χ3n) is 4.77. The van der Waals surface area contributed by atoms with Crippen LogP contribution in [0.15, 0.2) is 30.5 Å². The van der Waals surface area contributed by atoms with E-state index in [9.17, 15) is 9.59 Å². The van der Waals surface area contributed by atoms with E-state index >= 15 is 0 Å². The van der Waals surface area contributed by atoms with Crippen LogP contribution in [0.25, 0.3) is 0 Å². The van der Waals surface area contributed by atoms with Crippen molar-refractivity contribution in [3.8, 4) is 11.5 Å². The van der Waals surface area contributed by atoms with Crippen molar-refractivity contribution in [1.82, 2.24) is 19.9 Å². The second-order valence-corrected chi connectivity index (χ2v) is 6.52. The molecule has 9 nitrogen and oxygen atoms in total. The molecule has 2 aromatic rings. The van der Waals surface area contributed by atoms with E-state index < -0.39 is 12.1 Å². The van der Waals surface area contributed by atoms with Crippen LogP contribution < -0.4 is 9.47 Å². The predicted molar refractivity (Wildman–Crippen MR) is 92.6 cm³/mol. The van der Waals surface area contributed by atoms with Crippen LogP contribution in [0.5, 0.6) is 11.5 Å². The van der Waals surface area contributed by atoms with Crippen molar-refractivity contribution in [3.05, 3.63) is 36.2 Å². The molecule has 0 bridgehead atoms. The van der Waals surface area contributed by atoms with E-state index in [1.165, 1.54) is 7.11 Å². The number of nitrogens with zero attached hydrogens (tertiary/aromatic N) is 4. The van der Waals surface area contributed by atoms with Crippen molar-refractivity contribution in [2.45, 2.75) is 25.0 Å². The van der Waals surface area contributed by atoms with Crippen molar-refractivity contribution >= 4 is 11.9 Å². The number of amides is 1. The summed E-state index contributed by atoms with van der Waals surface area (Å²) >= 11 is 0. The van der Waals surface area contributed by atoms with Crippen molar-refractivity contribution in [3.63, 3.8) is 0 Å². The minimum Gasteiger partial charge on any atom is -0.485 e. The SMILES string of the molecule is COC(=O)c1cn(C2CCCN(C(=O)C3COc4ccccc4O3)C2)nn1. The monoisotopic (exact) mass is 372 g/mol. The van der Waals surface area contributed by atoms with Gasteiger partial charge in [0.1, 0.15) is 6.61 Å². The van der Waals surface area contributed by atoms with E-state index in [2.05, 4.69) is 15.0 Å². The zero-order valence-electron chi connectivity index (χ0n) is 14.9. The van der Waals surface area contributed by atoms with Gasteiger partial charge in [0.05, 0.1) is 19.3 Å². The summed E-state index contributed by atoms with van der Waals surface area (Å²) in [6, 6.07) is 7.26. The first-order chi connectivity index (χ1) is 13.2. The summed E-state index contributed by atoms with van der Waals surface area (Å²) in [6.07, 6.45) is 2.56. The van der Waals surface area contributed by atoms with Gasteiger partial charge in [-0.25, -0.2) is 9.48 Å². The Balaban J connectivity index is 1.43. The van der Waals surface area contributed by atoms with Crippen LogP contribution in [0.3, 0.4) is 0 Å². The fourth-order valence-corrected chi connectivity index (χ4v) is 3.37. The fourth-order valence-electron chi connectivity index (χ4n) is 3.37. The average Bonchev–Trinajstić information content (AvgIpc) is 3.23. The number of piperidine rings is 1. The van der Waals surface area contributed by atoms with Crippen molar-refractivity contribution < 1.29 is 23.8 Å². The predicted octanol–water partition coefficient (Wildman–Crippen LogP) is 1.07. The summed E-state index contributed by atoms with van der Waals surface area (Å²) in [6.45, 7) is 1.31. The molecule has 0 aliphatic carbocycles. The second-order valence-electron chi connectivity index (χ2n) is 6.52. The first-order valence-corrected chi connectivity index (χ1v) is 8.83. The zero-order chi connectivity index (χ0) is 18.8. The normalized spacial score (nSPS) is 21.6. The highest BCUT2D eigenvalue weighted by Gasteiger charge is 2.34. The lowest BCUT2D eigenvalue weighted by molar-refractivity contribution is -0.143. The molecule has 0 N–H and O–H groups in total. The topological polar surface area (TPSA) is 95.8 Å². The van der Waals surface area contributed by atoms with Crippen LogP contribution in [0.2, 0.25) is 0 Å². The first kappa shape index (κ1) is 17.3. The Morgan fingerprint density at radius 1 is 1.26 bits per heavy atom. The minimum absolute atomic E-state index is 0.0506. The molecule has 0 saturated carbocycles. The van der Waals surface area contributed by atoms with E-state index in [1.54, 1.807) is 21.8 Å². The van der Waals surface area contributed by atoms with Crippen molar-refractivity contribution in [2.75, 3.05) is 26.8 Å². The van der Waals surface area contributed by atoms with Crippen LogP contribution >= 0.6 is 0 Å². The van der Waals surface area contributed by atoms with Crippen LogP contribution in [0, 0.1) is 0 Å². The lowest BCUT2D eigenvalue weighted by atomic mass is 10.1. The van der Waals surface area contributed by atoms with Gasteiger partial charge in [-0.05, 0) is 25.0 Å². The lowest BCUT2D eigenvalue weighted by Gasteiger charge is -2.35. The molecule has 142 valence electrons. The van der Waals surface area contributed by atoms with E-state index in [0.29, 0.717) is 24.6 Å². The van der Waals surface area contributed by atoms with E-state index in [-0.39, 0.29) is 24.2 Å². The van der Waals surface area contributed by atoms with Gasteiger partial charge < -0.3 is 19.1 Å². The van der Waals surface area contributed by atoms with Crippen LogP contribution in [-0.2, 0) is 9.53 Å². The Morgan fingerprint density at radius 2 is 2.07 bits per heavy atom. The third-order valence-corrected chi connectivity index (χ3v) is 4.77. The molecule has 3 heterocycles. The summed E-state index contributed by atoms with van der Waals surface area (Å²) in [5.41, 5.74) is 0.154. The second kappa shape index (κ2) is 7.26. The minimum atomic E-state index is -0.667. The Morgan fingerprint density at radius 3 is 2.89 bits per heavy atom. The molecule has 4 rings (SSSR count). The molecule has 2 aliphatic rings. The molecule has 0 radical (unpaired) electrons. The third kappa shape index (κ3) is 3.44. The molecule has 1 amide bonds. The van der Waals surface area contributed by atoms with Gasteiger partial charge >= 0.3 is 5.97 Å². The number of carbonyl (C=O) groups is 2. The summed E-state index contributed by atoms with van der Waals surface area (Å²) in [5.74, 6) is 0.588. The molecule has 2 atom stereocenters. The van der Waals surface area contributed by atoms with Gasteiger partial charge in [0, 0.05) is 13.1 Å². The summed E-state index contributed by atoms with van der Waals surface area (Å²) < 4.78 is 17.8. The number of benzene rings is 1. The number of hydrogen-bond acceptors (Lipinski definition) is 7. The molecular weight excluding hydrogens is 352 g/mol. The van der Waals surface area contributed by atoms with E-state index in [1.807, 2.05) is 18.2 Å². The zero-order valence-corrected chi connectivity index (χ0v) is 14.9. The maximum Gasteiger partial charge on any atom is 0.360 e. The number of likely N-dealkylation sites (tertiary alicyclic amines) is 1. The quantitative estimate of drug-likeness (QED) is 0.744. The van der Waals surface area contributed by atoms with Crippen molar-refractivity contribution in [2.24, 2.45) is 0 Å². The highest BCUT2D eigenvalue weighted by atomic mass is 16.6. The first-order valence-electron chi connectivity index (χ1n) is 8.83. The number of fused-ring (bicyclic) bond motifs is 1. The van der Waals surface area contributed by atoms with Gasteiger partial charge in [-0.3, -0.25) is 4.79 Å². The van der Waals surface area contributed by atoms with Gasteiger partial charge in [0.25, 0.3) is 5.91 Å². The smallest absolute Gasteiger partial charge is 0.360 e. The molecule has 9 heteroatoms. The van der Waals surface area contributed by atoms with Crippen LogP contribution in [0.1, 0.15) is 29.4 Å². The summed E-state index contributed by atoms with van der Waals surface area (Å²) in [5, 5.41) is 7.85. The summed E-state index contributed by atoms with van der Waals surface area (Å²) in [4.78, 5) is 26.2.